The van der Waals surface area contributed by atoms with Crippen LogP contribution in [0.2, 0.25) is 0 Å². The number of allylic oxidation sites excluding steroid dienone is 2. The summed E-state index contributed by atoms with van der Waals surface area (Å²) in [4.78, 5) is 38.9. The first-order valence-corrected chi connectivity index (χ1v) is 7.80. The fourth-order valence-corrected chi connectivity index (χ4v) is 3.35. The maximum Gasteiger partial charge on any atom is 0.369 e. The smallest absolute Gasteiger partial charge is 0.367 e. The highest BCUT2D eigenvalue weighted by Crippen LogP contribution is 2.69. The molecule has 5 N–H and O–H groups in total. The standard InChI is InChI=1S/C8H15NO7P2/c1-7(4-3-5-9-2)6-8(10,17(11,12)13)18(14,15)16/h3-5,10H,2,6H2,1H3,(H2,11,12,13)(H2,14,15,16). The first-order valence-electron chi connectivity index (χ1n) is 4.57. The zero-order valence-corrected chi connectivity index (χ0v) is 11.3. The lowest BCUT2D eigenvalue weighted by molar-refractivity contribution is 0.131. The summed E-state index contributed by atoms with van der Waals surface area (Å²) < 4.78 is 22.1. The molecule has 8 nitrogen and oxygen atoms in total. The molecular formula is C8H15NO7P2. The zero-order valence-electron chi connectivity index (χ0n) is 9.54. The Hall–Kier alpha value is -0.590. The minimum Gasteiger partial charge on any atom is -0.367 e. The van der Waals surface area contributed by atoms with E-state index in [2.05, 4.69) is 11.7 Å². The topological polar surface area (TPSA) is 148 Å². The predicted molar refractivity (Wildman–Crippen MR) is 66.1 cm³/mol. The second-order valence-electron chi connectivity index (χ2n) is 3.58. The molecule has 0 rings (SSSR count). The van der Waals surface area contributed by atoms with E-state index < -0.39 is 26.7 Å². The van der Waals surface area contributed by atoms with Gasteiger partial charge >= 0.3 is 15.2 Å². The summed E-state index contributed by atoms with van der Waals surface area (Å²) in [5.41, 5.74) is 0.157. The van der Waals surface area contributed by atoms with E-state index >= 15 is 0 Å². The van der Waals surface area contributed by atoms with Crippen molar-refractivity contribution < 1.29 is 33.8 Å². The van der Waals surface area contributed by atoms with Gasteiger partial charge < -0.3 is 24.7 Å². The van der Waals surface area contributed by atoms with Crippen molar-refractivity contribution in [2.45, 2.75) is 18.4 Å². The van der Waals surface area contributed by atoms with Gasteiger partial charge in [0.15, 0.2) is 0 Å². The largest absolute Gasteiger partial charge is 0.369 e. The highest BCUT2D eigenvalue weighted by molar-refractivity contribution is 7.72. The van der Waals surface area contributed by atoms with Crippen LogP contribution in [-0.2, 0) is 9.13 Å². The van der Waals surface area contributed by atoms with E-state index in [0.29, 0.717) is 0 Å². The van der Waals surface area contributed by atoms with E-state index in [9.17, 15) is 14.2 Å². The lowest BCUT2D eigenvalue weighted by atomic mass is 10.2. The maximum atomic E-state index is 11.0. The second-order valence-corrected chi connectivity index (χ2v) is 7.58. The number of hydrogen-bond donors (Lipinski definition) is 5. The van der Waals surface area contributed by atoms with Gasteiger partial charge in [0, 0.05) is 12.6 Å². The summed E-state index contributed by atoms with van der Waals surface area (Å²) in [5.74, 6) is 0. The van der Waals surface area contributed by atoms with Crippen molar-refractivity contribution in [1.29, 1.82) is 0 Å². The summed E-state index contributed by atoms with van der Waals surface area (Å²) >= 11 is 0. The van der Waals surface area contributed by atoms with Crippen LogP contribution in [0.15, 0.2) is 28.9 Å². The number of nitrogens with zero attached hydrogens (tertiary/aromatic N) is 1. The molecule has 0 aliphatic carbocycles. The lowest BCUT2D eigenvalue weighted by Gasteiger charge is -2.29. The van der Waals surface area contributed by atoms with Gasteiger partial charge in [0.25, 0.3) is 5.08 Å². The normalized spacial score (nSPS) is 15.1. The fourth-order valence-electron chi connectivity index (χ4n) is 1.08. The molecule has 0 aliphatic rings. The van der Waals surface area contributed by atoms with Crippen molar-refractivity contribution in [1.82, 2.24) is 0 Å². The monoisotopic (exact) mass is 299 g/mol. The molecule has 0 atom stereocenters. The third-order valence-corrected chi connectivity index (χ3v) is 5.77. The number of aliphatic hydroxyl groups is 1. The molecule has 0 saturated heterocycles. The molecule has 0 radical (unpaired) electrons. The molecule has 0 amide bonds. The Balaban J connectivity index is 5.37. The Morgan fingerprint density at radius 2 is 1.72 bits per heavy atom. The molecule has 0 aromatic heterocycles. The Bertz CT molecular complexity index is 436. The van der Waals surface area contributed by atoms with Crippen LogP contribution < -0.4 is 0 Å². The Labute approximate surface area is 104 Å². The zero-order chi connectivity index (χ0) is 14.6. The summed E-state index contributed by atoms with van der Waals surface area (Å²) in [6.45, 7) is 4.50. The van der Waals surface area contributed by atoms with E-state index in [1.54, 1.807) is 0 Å². The van der Waals surface area contributed by atoms with Crippen LogP contribution in [0.5, 0.6) is 0 Å². The molecule has 0 unspecified atom stereocenters. The van der Waals surface area contributed by atoms with E-state index in [1.165, 1.54) is 25.3 Å². The van der Waals surface area contributed by atoms with Gasteiger partial charge in [-0.2, -0.15) is 0 Å². The molecule has 0 aliphatic heterocycles. The highest BCUT2D eigenvalue weighted by atomic mass is 31.2. The fraction of sp³-hybridized carbons (Fsp3) is 0.375. The minimum absolute atomic E-state index is 0.157. The Morgan fingerprint density at radius 1 is 1.28 bits per heavy atom. The third kappa shape index (κ3) is 4.26. The van der Waals surface area contributed by atoms with Crippen molar-refractivity contribution in [3.63, 3.8) is 0 Å². The van der Waals surface area contributed by atoms with Crippen LogP contribution in [0.4, 0.5) is 0 Å². The molecule has 0 spiro atoms. The quantitative estimate of drug-likeness (QED) is 0.273. The molecule has 18 heavy (non-hydrogen) atoms. The van der Waals surface area contributed by atoms with Crippen molar-refractivity contribution in [3.8, 4) is 0 Å². The highest BCUT2D eigenvalue weighted by Gasteiger charge is 2.59. The van der Waals surface area contributed by atoms with Crippen LogP contribution in [0, 0.1) is 0 Å². The summed E-state index contributed by atoms with van der Waals surface area (Å²) in [5, 5.41) is 6.16. The van der Waals surface area contributed by atoms with Crippen LogP contribution >= 0.6 is 15.2 Å². The molecule has 10 heteroatoms. The van der Waals surface area contributed by atoms with Gasteiger partial charge in [-0.15, -0.1) is 0 Å². The van der Waals surface area contributed by atoms with E-state index in [1.807, 2.05) is 0 Å². The van der Waals surface area contributed by atoms with Crippen molar-refractivity contribution in [3.05, 3.63) is 23.9 Å². The second kappa shape index (κ2) is 6.04. The predicted octanol–water partition coefficient (Wildman–Crippen LogP) is 0.539. The van der Waals surface area contributed by atoms with Crippen molar-refractivity contribution >= 4 is 21.9 Å². The first-order chi connectivity index (χ1) is 7.95. The van der Waals surface area contributed by atoms with Gasteiger partial charge in [0.05, 0.1) is 0 Å². The SMILES string of the molecule is C=NC=CC=C(C)CC(O)(P(=O)(O)O)P(=O)(O)O. The van der Waals surface area contributed by atoms with E-state index in [4.69, 9.17) is 19.6 Å². The molecule has 0 saturated carbocycles. The average molecular weight is 299 g/mol. The number of hydrogen-bond acceptors (Lipinski definition) is 4. The van der Waals surface area contributed by atoms with E-state index in [-0.39, 0.29) is 5.57 Å². The van der Waals surface area contributed by atoms with Gasteiger partial charge in [0.1, 0.15) is 0 Å². The van der Waals surface area contributed by atoms with Crippen LogP contribution in [0.25, 0.3) is 0 Å². The Kier molecular flexibility index (Phi) is 5.84. The summed E-state index contributed by atoms with van der Waals surface area (Å²) in [6.07, 6.45) is 3.04. The van der Waals surface area contributed by atoms with Crippen LogP contribution in [0.3, 0.4) is 0 Å². The molecule has 0 bridgehead atoms. The maximum absolute atomic E-state index is 11.0. The third-order valence-electron chi connectivity index (χ3n) is 2.02. The number of aliphatic imine (C=N–C) groups is 1. The molecule has 0 aromatic carbocycles. The van der Waals surface area contributed by atoms with Gasteiger partial charge in [-0.1, -0.05) is 11.6 Å². The van der Waals surface area contributed by atoms with Gasteiger partial charge in [-0.05, 0) is 19.7 Å². The first kappa shape index (κ1) is 17.4. The average Bonchev–Trinajstić information content (AvgIpc) is 2.14. The van der Waals surface area contributed by atoms with Gasteiger partial charge in [0.2, 0.25) is 0 Å². The van der Waals surface area contributed by atoms with E-state index in [0.717, 1.165) is 0 Å². The Morgan fingerprint density at radius 3 is 2.06 bits per heavy atom. The van der Waals surface area contributed by atoms with Crippen LogP contribution in [0.1, 0.15) is 13.3 Å². The lowest BCUT2D eigenvalue weighted by Crippen LogP contribution is -2.28. The van der Waals surface area contributed by atoms with Crippen molar-refractivity contribution in [2.75, 3.05) is 0 Å². The molecular weight excluding hydrogens is 284 g/mol. The molecule has 0 fully saturated rings. The molecule has 0 heterocycles. The minimum atomic E-state index is -5.41. The molecule has 0 aromatic rings. The molecule has 104 valence electrons. The van der Waals surface area contributed by atoms with Gasteiger partial charge in [-0.3, -0.25) is 14.1 Å². The number of rotatable bonds is 6. The summed E-state index contributed by atoms with van der Waals surface area (Å²) in [7, 11) is -10.8. The van der Waals surface area contributed by atoms with Crippen molar-refractivity contribution in [2.24, 2.45) is 4.99 Å². The summed E-state index contributed by atoms with van der Waals surface area (Å²) in [6, 6.07) is 0. The van der Waals surface area contributed by atoms with Gasteiger partial charge in [-0.25, -0.2) is 0 Å². The van der Waals surface area contributed by atoms with Crippen LogP contribution in [-0.4, -0.2) is 36.5 Å².